The molecule has 7 heteroatoms. The van der Waals surface area contributed by atoms with Gasteiger partial charge in [-0.15, -0.1) is 0 Å². The Morgan fingerprint density at radius 3 is 2.74 bits per heavy atom. The van der Waals surface area contributed by atoms with E-state index in [9.17, 15) is 4.79 Å². The zero-order valence-corrected chi connectivity index (χ0v) is 20.5. The minimum absolute atomic E-state index is 0.0577. The van der Waals surface area contributed by atoms with Crippen molar-refractivity contribution in [2.45, 2.75) is 31.6 Å². The average Bonchev–Trinajstić information content (AvgIpc) is 2.84. The number of aromatic nitrogens is 1. The van der Waals surface area contributed by atoms with E-state index in [4.69, 9.17) is 19.2 Å². The molecular formula is C27H35N3O4. The summed E-state index contributed by atoms with van der Waals surface area (Å²) in [5.41, 5.74) is 2.94. The van der Waals surface area contributed by atoms with Crippen molar-refractivity contribution in [3.63, 3.8) is 0 Å². The molecule has 1 aliphatic carbocycles. The van der Waals surface area contributed by atoms with Gasteiger partial charge >= 0.3 is 0 Å². The Kier molecular flexibility index (Phi) is 9.52. The van der Waals surface area contributed by atoms with Crippen molar-refractivity contribution in [1.29, 1.82) is 0 Å². The molecule has 0 saturated carbocycles. The molecule has 0 spiro atoms. The molecule has 3 rings (SSSR count). The fourth-order valence-electron chi connectivity index (χ4n) is 3.80. The number of hydrogen-bond acceptors (Lipinski definition) is 6. The summed E-state index contributed by atoms with van der Waals surface area (Å²) in [5, 5.41) is 3.05. The molecule has 1 aromatic heterocycles. The van der Waals surface area contributed by atoms with Crippen LogP contribution in [0, 0.1) is 0 Å². The Morgan fingerprint density at radius 1 is 1.15 bits per heavy atom. The normalized spacial score (nSPS) is 15.1. The molecule has 1 unspecified atom stereocenters. The van der Waals surface area contributed by atoms with E-state index in [0.29, 0.717) is 36.8 Å². The molecule has 1 heterocycles. The molecule has 0 radical (unpaired) electrons. The van der Waals surface area contributed by atoms with Gasteiger partial charge in [0.05, 0.1) is 26.5 Å². The Balaban J connectivity index is 1.51. The smallest absolute Gasteiger partial charge is 0.224 e. The van der Waals surface area contributed by atoms with Gasteiger partial charge in [0.15, 0.2) is 11.5 Å². The third-order valence-corrected chi connectivity index (χ3v) is 5.60. The van der Waals surface area contributed by atoms with Crippen molar-refractivity contribution in [3.8, 4) is 17.4 Å². The van der Waals surface area contributed by atoms with Crippen molar-refractivity contribution < 1.29 is 19.0 Å². The van der Waals surface area contributed by atoms with Crippen LogP contribution in [0.1, 0.15) is 36.4 Å². The fraction of sp³-hybridized carbons (Fsp3) is 0.407. The first-order valence-electron chi connectivity index (χ1n) is 11.6. The van der Waals surface area contributed by atoms with Crippen LogP contribution in [0.4, 0.5) is 0 Å². The maximum absolute atomic E-state index is 12.3. The van der Waals surface area contributed by atoms with Crippen LogP contribution < -0.4 is 19.5 Å². The lowest BCUT2D eigenvalue weighted by Crippen LogP contribution is -2.25. The van der Waals surface area contributed by atoms with Crippen LogP contribution in [-0.4, -0.2) is 57.3 Å². The van der Waals surface area contributed by atoms with Crippen LogP contribution in [0.15, 0.2) is 60.3 Å². The first-order valence-corrected chi connectivity index (χ1v) is 11.6. The van der Waals surface area contributed by atoms with E-state index in [1.165, 1.54) is 0 Å². The van der Waals surface area contributed by atoms with Crippen LogP contribution in [0.25, 0.3) is 0 Å². The summed E-state index contributed by atoms with van der Waals surface area (Å²) in [6.07, 6.45) is 8.85. The third kappa shape index (κ3) is 7.63. The van der Waals surface area contributed by atoms with Crippen LogP contribution in [0.3, 0.4) is 0 Å². The van der Waals surface area contributed by atoms with E-state index in [1.807, 2.05) is 62.6 Å². The molecule has 0 saturated heterocycles. The molecular weight excluding hydrogens is 430 g/mol. The molecule has 1 amide bonds. The lowest BCUT2D eigenvalue weighted by molar-refractivity contribution is -0.120. The molecule has 0 fully saturated rings. The lowest BCUT2D eigenvalue weighted by atomic mass is 9.94. The second-order valence-electron chi connectivity index (χ2n) is 8.53. The zero-order chi connectivity index (χ0) is 24.3. The quantitative estimate of drug-likeness (QED) is 0.509. The molecule has 34 heavy (non-hydrogen) atoms. The van der Waals surface area contributed by atoms with E-state index in [-0.39, 0.29) is 11.8 Å². The van der Waals surface area contributed by atoms with Gasteiger partial charge in [0, 0.05) is 30.5 Å². The minimum Gasteiger partial charge on any atom is -0.493 e. The number of nitrogens with zero attached hydrogens (tertiary/aromatic N) is 2. The van der Waals surface area contributed by atoms with Crippen LogP contribution >= 0.6 is 0 Å². The highest BCUT2D eigenvalue weighted by Gasteiger charge is 2.17. The van der Waals surface area contributed by atoms with E-state index in [2.05, 4.69) is 16.3 Å². The molecule has 1 atom stereocenters. The van der Waals surface area contributed by atoms with Crippen LogP contribution in [-0.2, 0) is 11.2 Å². The highest BCUT2D eigenvalue weighted by Crippen LogP contribution is 2.29. The van der Waals surface area contributed by atoms with Crippen LogP contribution in [0.2, 0.25) is 0 Å². The Labute approximate surface area is 202 Å². The summed E-state index contributed by atoms with van der Waals surface area (Å²) in [6, 6.07) is 11.7. The predicted octanol–water partition coefficient (Wildman–Crippen LogP) is 4.11. The first-order chi connectivity index (χ1) is 16.5. The van der Waals surface area contributed by atoms with E-state index >= 15 is 0 Å². The molecule has 2 aromatic rings. The summed E-state index contributed by atoms with van der Waals surface area (Å²) >= 11 is 0. The minimum atomic E-state index is 0.0577. The average molecular weight is 466 g/mol. The van der Waals surface area contributed by atoms with Gasteiger partial charge in [-0.25, -0.2) is 4.98 Å². The maximum atomic E-state index is 12.3. The summed E-state index contributed by atoms with van der Waals surface area (Å²) in [6.45, 7) is 1.40. The van der Waals surface area contributed by atoms with Crippen molar-refractivity contribution in [1.82, 2.24) is 15.2 Å². The van der Waals surface area contributed by atoms with Crippen molar-refractivity contribution in [2.75, 3.05) is 41.5 Å². The Morgan fingerprint density at radius 2 is 1.97 bits per heavy atom. The van der Waals surface area contributed by atoms with Gasteiger partial charge in [-0.2, -0.15) is 0 Å². The molecule has 0 bridgehead atoms. The number of nitrogens with one attached hydrogen (secondary N) is 1. The van der Waals surface area contributed by atoms with Crippen molar-refractivity contribution >= 4 is 5.91 Å². The number of rotatable bonds is 12. The monoisotopic (exact) mass is 465 g/mol. The number of pyridine rings is 1. The zero-order valence-electron chi connectivity index (χ0n) is 20.5. The summed E-state index contributed by atoms with van der Waals surface area (Å²) in [5.74, 6) is 2.16. The summed E-state index contributed by atoms with van der Waals surface area (Å²) in [4.78, 5) is 19.0. The predicted molar refractivity (Wildman–Crippen MR) is 133 cm³/mol. The Hall–Kier alpha value is -3.32. The highest BCUT2D eigenvalue weighted by atomic mass is 16.5. The largest absolute Gasteiger partial charge is 0.493 e. The number of carbonyl (C=O) groups is 1. The number of methoxy groups -OCH3 is 2. The molecule has 1 aliphatic rings. The lowest BCUT2D eigenvalue weighted by Gasteiger charge is -2.19. The second-order valence-corrected chi connectivity index (χ2v) is 8.53. The van der Waals surface area contributed by atoms with Gasteiger partial charge in [-0.3, -0.25) is 4.79 Å². The number of allylic oxidation sites excluding steroid dienone is 4. The van der Waals surface area contributed by atoms with Gasteiger partial charge in [0.1, 0.15) is 0 Å². The molecule has 0 aliphatic heterocycles. The maximum Gasteiger partial charge on any atom is 0.224 e. The topological polar surface area (TPSA) is 72.9 Å². The van der Waals surface area contributed by atoms with E-state index in [1.54, 1.807) is 14.2 Å². The van der Waals surface area contributed by atoms with Crippen LogP contribution in [0.5, 0.6) is 17.4 Å². The number of ether oxygens (including phenoxy) is 3. The Bertz CT molecular complexity index is 1020. The summed E-state index contributed by atoms with van der Waals surface area (Å²) < 4.78 is 16.6. The number of hydrogen-bond donors (Lipinski definition) is 1. The SMILES string of the molecule is COc1ccc(CCOc2cccc(C3C=CC=C(NC(=O)CCCN(C)C)C3)n2)cc1OC. The first kappa shape index (κ1) is 25.3. The van der Waals surface area contributed by atoms with E-state index < -0.39 is 0 Å². The molecule has 1 aromatic carbocycles. The van der Waals surface area contributed by atoms with Gasteiger partial charge < -0.3 is 24.4 Å². The molecule has 1 N–H and O–H groups in total. The highest BCUT2D eigenvalue weighted by molar-refractivity contribution is 5.77. The molecule has 182 valence electrons. The van der Waals surface area contributed by atoms with Crippen molar-refractivity contribution in [3.05, 3.63) is 71.6 Å². The number of carbonyl (C=O) groups excluding carboxylic acids is 1. The van der Waals surface area contributed by atoms with Crippen molar-refractivity contribution in [2.24, 2.45) is 0 Å². The number of benzene rings is 1. The second kappa shape index (κ2) is 12.8. The number of amides is 1. The van der Waals surface area contributed by atoms with Gasteiger partial charge in [-0.1, -0.05) is 24.3 Å². The molecule has 7 nitrogen and oxygen atoms in total. The summed E-state index contributed by atoms with van der Waals surface area (Å²) in [7, 11) is 7.28. The van der Waals surface area contributed by atoms with E-state index in [0.717, 1.165) is 36.3 Å². The van der Waals surface area contributed by atoms with Gasteiger partial charge in [0.2, 0.25) is 11.8 Å². The third-order valence-electron chi connectivity index (χ3n) is 5.60. The fourth-order valence-corrected chi connectivity index (χ4v) is 3.80. The van der Waals surface area contributed by atoms with Gasteiger partial charge in [-0.05, 0) is 63.3 Å². The van der Waals surface area contributed by atoms with Gasteiger partial charge in [0.25, 0.3) is 0 Å². The standard InChI is InChI=1S/C27H35N3O4/c1-30(2)16-7-11-26(31)28-22-9-5-8-21(19-22)23-10-6-12-27(29-23)34-17-15-20-13-14-24(32-3)25(18-20)33-4/h5-6,8-10,12-14,18,21H,7,11,15-17,19H2,1-4H3,(H,28,31).